The number of urea groups is 1. The Balaban J connectivity index is 1.99. The van der Waals surface area contributed by atoms with Crippen molar-refractivity contribution in [3.63, 3.8) is 0 Å². The predicted octanol–water partition coefficient (Wildman–Crippen LogP) is 0.814. The molecular formula is C13H19N5O. The van der Waals surface area contributed by atoms with Gasteiger partial charge in [-0.25, -0.2) is 4.79 Å². The molecule has 0 saturated heterocycles. The monoisotopic (exact) mass is 261 g/mol. The fraction of sp³-hybridized carbons (Fsp3) is 0.385. The van der Waals surface area contributed by atoms with Gasteiger partial charge >= 0.3 is 6.03 Å². The Kier molecular flexibility index (Phi) is 4.35. The number of fused-ring (bicyclic) bond motifs is 1. The molecule has 102 valence electrons. The summed E-state index contributed by atoms with van der Waals surface area (Å²) >= 11 is 0. The zero-order chi connectivity index (χ0) is 13.7. The van der Waals surface area contributed by atoms with Gasteiger partial charge in [0.05, 0.1) is 11.2 Å². The third-order valence-electron chi connectivity index (χ3n) is 2.93. The lowest BCUT2D eigenvalue weighted by atomic mass is 10.2. The number of aromatic nitrogens is 2. The normalized spacial score (nSPS) is 10.8. The van der Waals surface area contributed by atoms with Gasteiger partial charge in [0.2, 0.25) is 0 Å². The minimum absolute atomic E-state index is 0.498. The molecule has 6 heteroatoms. The summed E-state index contributed by atoms with van der Waals surface area (Å²) < 4.78 is 1.99. The highest BCUT2D eigenvalue weighted by atomic mass is 16.2. The Bertz CT molecular complexity index is 563. The lowest BCUT2D eigenvalue weighted by molar-refractivity contribution is 0.249. The summed E-state index contributed by atoms with van der Waals surface area (Å²) in [5.74, 6) is 0. The molecule has 1 heterocycles. The van der Waals surface area contributed by atoms with Crippen molar-refractivity contribution in [1.29, 1.82) is 0 Å². The van der Waals surface area contributed by atoms with Gasteiger partial charge in [-0.1, -0.05) is 18.2 Å². The first-order chi connectivity index (χ1) is 9.22. The van der Waals surface area contributed by atoms with Crippen molar-refractivity contribution < 1.29 is 4.79 Å². The number of para-hydroxylation sites is 1. The van der Waals surface area contributed by atoms with Gasteiger partial charge in [0, 0.05) is 31.6 Å². The number of nitrogens with two attached hydrogens (primary N) is 1. The van der Waals surface area contributed by atoms with Crippen molar-refractivity contribution in [3.05, 3.63) is 30.0 Å². The largest absolute Gasteiger partial charge is 0.352 e. The van der Waals surface area contributed by atoms with Crippen molar-refractivity contribution in [2.75, 3.05) is 13.1 Å². The summed E-state index contributed by atoms with van der Waals surface area (Å²) in [4.78, 5) is 10.5. The van der Waals surface area contributed by atoms with Crippen molar-refractivity contribution in [2.24, 2.45) is 5.73 Å². The molecule has 0 aliphatic rings. The average Bonchev–Trinajstić information content (AvgIpc) is 2.76. The molecule has 2 aromatic rings. The summed E-state index contributed by atoms with van der Waals surface area (Å²) in [6.45, 7) is 4.78. The van der Waals surface area contributed by atoms with Crippen LogP contribution in [0.15, 0.2) is 24.3 Å². The maximum absolute atomic E-state index is 10.5. The summed E-state index contributed by atoms with van der Waals surface area (Å²) in [6, 6.07) is 7.69. The second kappa shape index (κ2) is 6.19. The number of carbonyl (C=O) groups excluding carboxylic acids is 1. The van der Waals surface area contributed by atoms with Crippen LogP contribution in [0.4, 0.5) is 4.79 Å². The van der Waals surface area contributed by atoms with Gasteiger partial charge in [-0.3, -0.25) is 4.68 Å². The molecule has 2 rings (SSSR count). The van der Waals surface area contributed by atoms with Gasteiger partial charge in [-0.05, 0) is 13.0 Å². The van der Waals surface area contributed by atoms with E-state index in [1.165, 1.54) is 5.39 Å². The summed E-state index contributed by atoms with van der Waals surface area (Å²) in [5.41, 5.74) is 7.16. The van der Waals surface area contributed by atoms with Crippen LogP contribution in [0.5, 0.6) is 0 Å². The number of hydrogen-bond acceptors (Lipinski definition) is 3. The van der Waals surface area contributed by atoms with E-state index in [1.807, 2.05) is 16.8 Å². The van der Waals surface area contributed by atoms with Crippen LogP contribution in [0.3, 0.4) is 0 Å². The highest BCUT2D eigenvalue weighted by Gasteiger charge is 2.08. The molecule has 0 atom stereocenters. The molecule has 1 aromatic heterocycles. The smallest absolute Gasteiger partial charge is 0.312 e. The number of nitrogens with one attached hydrogen (secondary N) is 2. The van der Waals surface area contributed by atoms with Crippen molar-refractivity contribution >= 4 is 16.9 Å². The van der Waals surface area contributed by atoms with Gasteiger partial charge in [-0.2, -0.15) is 5.10 Å². The fourth-order valence-corrected chi connectivity index (χ4v) is 2.05. The Morgan fingerprint density at radius 2 is 2.16 bits per heavy atom. The van der Waals surface area contributed by atoms with E-state index in [1.54, 1.807) is 0 Å². The molecule has 0 aliphatic carbocycles. The average molecular weight is 261 g/mol. The van der Waals surface area contributed by atoms with Crippen LogP contribution in [-0.2, 0) is 13.1 Å². The summed E-state index contributed by atoms with van der Waals surface area (Å²) in [7, 11) is 0. The third kappa shape index (κ3) is 3.23. The number of primary amides is 1. The maximum Gasteiger partial charge on any atom is 0.312 e. The molecule has 0 fully saturated rings. The van der Waals surface area contributed by atoms with Crippen molar-refractivity contribution in [1.82, 2.24) is 20.4 Å². The Morgan fingerprint density at radius 3 is 2.89 bits per heavy atom. The minimum Gasteiger partial charge on any atom is -0.352 e. The van der Waals surface area contributed by atoms with E-state index in [4.69, 9.17) is 5.73 Å². The molecule has 6 nitrogen and oxygen atoms in total. The molecule has 0 saturated carbocycles. The van der Waals surface area contributed by atoms with Crippen LogP contribution >= 0.6 is 0 Å². The number of benzene rings is 1. The van der Waals surface area contributed by atoms with Crippen LogP contribution in [0, 0.1) is 0 Å². The van der Waals surface area contributed by atoms with Crippen LogP contribution in [0.1, 0.15) is 12.6 Å². The van der Waals surface area contributed by atoms with E-state index in [0.717, 1.165) is 17.8 Å². The van der Waals surface area contributed by atoms with E-state index in [2.05, 4.69) is 34.8 Å². The highest BCUT2D eigenvalue weighted by molar-refractivity contribution is 5.81. The van der Waals surface area contributed by atoms with Gasteiger partial charge in [0.1, 0.15) is 0 Å². The number of rotatable bonds is 6. The first-order valence-electron chi connectivity index (χ1n) is 6.40. The fourth-order valence-electron chi connectivity index (χ4n) is 2.05. The van der Waals surface area contributed by atoms with Crippen LogP contribution in [-0.4, -0.2) is 28.9 Å². The number of hydrogen-bond donors (Lipinski definition) is 3. The molecule has 19 heavy (non-hydrogen) atoms. The molecule has 0 aliphatic heterocycles. The second-order valence-corrected chi connectivity index (χ2v) is 4.25. The van der Waals surface area contributed by atoms with E-state index in [0.29, 0.717) is 19.6 Å². The predicted molar refractivity (Wildman–Crippen MR) is 74.7 cm³/mol. The van der Waals surface area contributed by atoms with Gasteiger partial charge in [-0.15, -0.1) is 0 Å². The van der Waals surface area contributed by atoms with Gasteiger partial charge in [0.15, 0.2) is 0 Å². The van der Waals surface area contributed by atoms with Crippen molar-refractivity contribution in [2.45, 2.75) is 20.0 Å². The Labute approximate surface area is 112 Å². The van der Waals surface area contributed by atoms with Crippen LogP contribution < -0.4 is 16.4 Å². The SMILES string of the molecule is CCn1nc(CNCCNC(N)=O)c2ccccc21. The summed E-state index contributed by atoms with van der Waals surface area (Å²) in [5, 5.41) is 11.5. The minimum atomic E-state index is -0.498. The third-order valence-corrected chi connectivity index (χ3v) is 2.93. The first-order valence-corrected chi connectivity index (χ1v) is 6.40. The van der Waals surface area contributed by atoms with E-state index in [9.17, 15) is 4.79 Å². The van der Waals surface area contributed by atoms with E-state index < -0.39 is 6.03 Å². The molecule has 0 unspecified atom stereocenters. The highest BCUT2D eigenvalue weighted by Crippen LogP contribution is 2.17. The first kappa shape index (κ1) is 13.4. The Morgan fingerprint density at radius 1 is 1.37 bits per heavy atom. The topological polar surface area (TPSA) is 85.0 Å². The maximum atomic E-state index is 10.5. The quantitative estimate of drug-likeness (QED) is 0.673. The standard InChI is InChI=1S/C13H19N5O/c1-2-18-12-6-4-3-5-10(12)11(17-18)9-15-7-8-16-13(14)19/h3-6,15H,2,7-9H2,1H3,(H3,14,16,19). The second-order valence-electron chi connectivity index (χ2n) is 4.25. The number of nitrogens with zero attached hydrogens (tertiary/aromatic N) is 2. The molecule has 1 aromatic carbocycles. The number of amides is 2. The summed E-state index contributed by atoms with van der Waals surface area (Å²) in [6.07, 6.45) is 0. The molecule has 0 spiro atoms. The van der Waals surface area contributed by atoms with Crippen LogP contribution in [0.2, 0.25) is 0 Å². The molecular weight excluding hydrogens is 242 g/mol. The van der Waals surface area contributed by atoms with Crippen molar-refractivity contribution in [3.8, 4) is 0 Å². The lowest BCUT2D eigenvalue weighted by Gasteiger charge is -2.03. The number of carbonyl (C=O) groups is 1. The molecule has 4 N–H and O–H groups in total. The Hall–Kier alpha value is -2.08. The van der Waals surface area contributed by atoms with Gasteiger partial charge < -0.3 is 16.4 Å². The molecule has 0 bridgehead atoms. The van der Waals surface area contributed by atoms with E-state index >= 15 is 0 Å². The van der Waals surface area contributed by atoms with E-state index in [-0.39, 0.29) is 0 Å². The van der Waals surface area contributed by atoms with Gasteiger partial charge in [0.25, 0.3) is 0 Å². The molecule has 2 amide bonds. The zero-order valence-electron chi connectivity index (χ0n) is 11.0. The molecule has 0 radical (unpaired) electrons. The van der Waals surface area contributed by atoms with Crippen LogP contribution in [0.25, 0.3) is 10.9 Å². The lowest BCUT2D eigenvalue weighted by Crippen LogP contribution is -2.35. The zero-order valence-corrected chi connectivity index (χ0v) is 11.0. The number of aryl methyl sites for hydroxylation is 1.